The Kier molecular flexibility index (Phi) is 4.65. The summed E-state index contributed by atoms with van der Waals surface area (Å²) in [6, 6.07) is 16.4. The molecule has 1 unspecified atom stereocenters. The van der Waals surface area contributed by atoms with Gasteiger partial charge in [-0.05, 0) is 17.7 Å². The highest BCUT2D eigenvalue weighted by molar-refractivity contribution is 7.88. The molecule has 0 bridgehead atoms. The van der Waals surface area contributed by atoms with Gasteiger partial charge in [0.2, 0.25) is 5.90 Å². The molecule has 0 aliphatic carbocycles. The lowest BCUT2D eigenvalue weighted by Crippen LogP contribution is -2.28. The average molecular weight is 422 g/mol. The van der Waals surface area contributed by atoms with E-state index in [2.05, 4.69) is 14.2 Å². The van der Waals surface area contributed by atoms with Gasteiger partial charge in [0, 0.05) is 5.39 Å². The number of hydrogen-bond donors (Lipinski definition) is 0. The van der Waals surface area contributed by atoms with Crippen LogP contribution < -0.4 is 4.18 Å². The average Bonchev–Trinajstić information content (AvgIpc) is 3.18. The number of fused-ring (bicyclic) bond motifs is 1. The zero-order chi connectivity index (χ0) is 20.6. The van der Waals surface area contributed by atoms with Crippen LogP contribution >= 0.6 is 0 Å². The van der Waals surface area contributed by atoms with E-state index in [1.54, 1.807) is 18.2 Å². The second-order valence-electron chi connectivity index (χ2n) is 6.18. The molecule has 0 fully saturated rings. The standard InChI is InChI=1S/C19H13F3N2O4S/c20-19(21,22)29(25,26)28-16-8-4-7-13-9-10-14(23-17(13)16)18-24-15(11-27-18)12-5-2-1-3-6-12/h1-10,15H,11H2. The zero-order valence-electron chi connectivity index (χ0n) is 14.6. The van der Waals surface area contributed by atoms with E-state index in [0.717, 1.165) is 11.6 Å². The van der Waals surface area contributed by atoms with Crippen molar-refractivity contribution >= 4 is 26.9 Å². The number of rotatable bonds is 4. The van der Waals surface area contributed by atoms with E-state index < -0.39 is 21.4 Å². The maximum Gasteiger partial charge on any atom is 0.534 e. The van der Waals surface area contributed by atoms with Gasteiger partial charge in [-0.2, -0.15) is 21.6 Å². The second kappa shape index (κ2) is 7.03. The molecule has 6 nitrogen and oxygen atoms in total. The summed E-state index contributed by atoms with van der Waals surface area (Å²) < 4.78 is 70.7. The van der Waals surface area contributed by atoms with Crippen molar-refractivity contribution in [3.63, 3.8) is 0 Å². The van der Waals surface area contributed by atoms with Crippen molar-refractivity contribution in [3.05, 3.63) is 71.9 Å². The van der Waals surface area contributed by atoms with E-state index in [4.69, 9.17) is 4.74 Å². The van der Waals surface area contributed by atoms with E-state index in [1.807, 2.05) is 30.3 Å². The summed E-state index contributed by atoms with van der Waals surface area (Å²) >= 11 is 0. The molecule has 3 aromatic rings. The van der Waals surface area contributed by atoms with Crippen molar-refractivity contribution < 1.29 is 30.5 Å². The Morgan fingerprint density at radius 2 is 1.76 bits per heavy atom. The minimum atomic E-state index is -5.82. The van der Waals surface area contributed by atoms with Crippen molar-refractivity contribution in [2.24, 2.45) is 4.99 Å². The quantitative estimate of drug-likeness (QED) is 0.470. The molecule has 0 spiro atoms. The van der Waals surface area contributed by atoms with E-state index in [9.17, 15) is 21.6 Å². The van der Waals surface area contributed by atoms with Gasteiger partial charge in [0.05, 0.1) is 0 Å². The molecular formula is C19H13F3N2O4S. The highest BCUT2D eigenvalue weighted by Crippen LogP contribution is 2.32. The number of alkyl halides is 3. The topological polar surface area (TPSA) is 77.9 Å². The molecule has 2 aromatic carbocycles. The molecule has 10 heteroatoms. The summed E-state index contributed by atoms with van der Waals surface area (Å²) in [5.74, 6) is -0.311. The van der Waals surface area contributed by atoms with Gasteiger partial charge in [0.1, 0.15) is 23.9 Å². The number of aromatic nitrogens is 1. The molecule has 29 heavy (non-hydrogen) atoms. The highest BCUT2D eigenvalue weighted by atomic mass is 32.2. The molecule has 150 valence electrons. The van der Waals surface area contributed by atoms with Crippen molar-refractivity contribution in [2.75, 3.05) is 6.61 Å². The number of para-hydroxylation sites is 1. The smallest absolute Gasteiger partial charge is 0.474 e. The first-order valence-corrected chi connectivity index (χ1v) is 9.82. The molecule has 0 amide bonds. The van der Waals surface area contributed by atoms with Crippen LogP contribution in [-0.2, 0) is 14.9 Å². The number of aliphatic imine (C=N–C) groups is 1. The molecule has 0 saturated heterocycles. The van der Waals surface area contributed by atoms with Crippen LogP contribution in [0.15, 0.2) is 65.7 Å². The summed E-state index contributed by atoms with van der Waals surface area (Å²) in [6.45, 7) is 0.291. The second-order valence-corrected chi connectivity index (χ2v) is 7.72. The summed E-state index contributed by atoms with van der Waals surface area (Å²) in [6.07, 6.45) is 0. The molecule has 0 N–H and O–H groups in total. The Bertz CT molecular complexity index is 1200. The normalized spacial score (nSPS) is 17.1. The summed E-state index contributed by atoms with van der Waals surface area (Å²) in [4.78, 5) is 8.71. The van der Waals surface area contributed by atoms with Gasteiger partial charge in [-0.15, -0.1) is 0 Å². The van der Waals surface area contributed by atoms with Crippen LogP contribution in [0.4, 0.5) is 13.2 Å². The first-order chi connectivity index (χ1) is 13.7. The summed E-state index contributed by atoms with van der Waals surface area (Å²) in [7, 11) is -5.82. The van der Waals surface area contributed by atoms with Crippen molar-refractivity contribution in [2.45, 2.75) is 11.6 Å². The minimum absolute atomic E-state index is 0.0488. The van der Waals surface area contributed by atoms with Crippen LogP contribution in [0.25, 0.3) is 10.9 Å². The van der Waals surface area contributed by atoms with E-state index >= 15 is 0 Å². The molecule has 1 aliphatic rings. The van der Waals surface area contributed by atoms with Crippen molar-refractivity contribution in [1.82, 2.24) is 4.98 Å². The molecule has 1 aliphatic heterocycles. The molecular weight excluding hydrogens is 409 g/mol. The molecule has 1 atom stereocenters. The minimum Gasteiger partial charge on any atom is -0.474 e. The lowest BCUT2D eigenvalue weighted by atomic mass is 10.1. The van der Waals surface area contributed by atoms with Crippen LogP contribution in [-0.4, -0.2) is 31.4 Å². The number of ether oxygens (including phenoxy) is 1. The maximum atomic E-state index is 12.7. The fraction of sp³-hybridized carbons (Fsp3) is 0.158. The number of halogens is 3. The van der Waals surface area contributed by atoms with Crippen molar-refractivity contribution in [3.8, 4) is 5.75 Å². The molecule has 0 radical (unpaired) electrons. The van der Waals surface area contributed by atoms with Gasteiger partial charge in [-0.1, -0.05) is 48.5 Å². The van der Waals surface area contributed by atoms with Gasteiger partial charge in [0.25, 0.3) is 0 Å². The van der Waals surface area contributed by atoms with Gasteiger partial charge in [-0.3, -0.25) is 0 Å². The Balaban J connectivity index is 1.71. The van der Waals surface area contributed by atoms with Crippen LogP contribution in [0, 0.1) is 0 Å². The molecule has 0 saturated carbocycles. The third-order valence-corrected chi connectivity index (χ3v) is 5.19. The Morgan fingerprint density at radius 1 is 1.00 bits per heavy atom. The van der Waals surface area contributed by atoms with Crippen LogP contribution in [0.3, 0.4) is 0 Å². The van der Waals surface area contributed by atoms with Gasteiger partial charge < -0.3 is 8.92 Å². The van der Waals surface area contributed by atoms with Crippen LogP contribution in [0.5, 0.6) is 5.75 Å². The summed E-state index contributed by atoms with van der Waals surface area (Å²) in [5, 5.41) is 0.404. The fourth-order valence-corrected chi connectivity index (χ4v) is 3.30. The summed E-state index contributed by atoms with van der Waals surface area (Å²) in [5.41, 5.74) is -4.39. The van der Waals surface area contributed by atoms with E-state index in [1.165, 1.54) is 6.07 Å². The van der Waals surface area contributed by atoms with Crippen LogP contribution in [0.1, 0.15) is 17.3 Å². The molecule has 2 heterocycles. The van der Waals surface area contributed by atoms with Crippen molar-refractivity contribution in [1.29, 1.82) is 0 Å². The molecule has 1 aromatic heterocycles. The van der Waals surface area contributed by atoms with Gasteiger partial charge in [0.15, 0.2) is 5.75 Å². The van der Waals surface area contributed by atoms with Gasteiger partial charge in [-0.25, -0.2) is 9.98 Å². The first kappa shape index (κ1) is 19.2. The number of pyridine rings is 1. The fourth-order valence-electron chi connectivity index (χ4n) is 2.83. The third kappa shape index (κ3) is 3.75. The predicted octanol–water partition coefficient (Wildman–Crippen LogP) is 3.98. The SMILES string of the molecule is O=S(=O)(Oc1cccc2ccc(C3=NC(c4ccccc4)CO3)nc12)C(F)(F)F. The first-order valence-electron chi connectivity index (χ1n) is 8.41. The Labute approximate surface area is 163 Å². The Hall–Kier alpha value is -3.14. The number of benzene rings is 2. The van der Waals surface area contributed by atoms with E-state index in [-0.39, 0.29) is 23.2 Å². The zero-order valence-corrected chi connectivity index (χ0v) is 15.4. The van der Waals surface area contributed by atoms with Gasteiger partial charge >= 0.3 is 15.6 Å². The largest absolute Gasteiger partial charge is 0.534 e. The van der Waals surface area contributed by atoms with Crippen LogP contribution in [0.2, 0.25) is 0 Å². The highest BCUT2D eigenvalue weighted by Gasteiger charge is 2.48. The Morgan fingerprint density at radius 3 is 2.48 bits per heavy atom. The monoisotopic (exact) mass is 422 g/mol. The third-order valence-electron chi connectivity index (χ3n) is 4.22. The number of nitrogens with zero attached hydrogens (tertiary/aromatic N) is 2. The lowest BCUT2D eigenvalue weighted by Gasteiger charge is -2.11. The predicted molar refractivity (Wildman–Crippen MR) is 99.0 cm³/mol. The maximum absolute atomic E-state index is 12.7. The van der Waals surface area contributed by atoms with E-state index in [0.29, 0.717) is 12.0 Å². The number of hydrogen-bond acceptors (Lipinski definition) is 6. The lowest BCUT2D eigenvalue weighted by molar-refractivity contribution is -0.0499. The molecule has 4 rings (SSSR count).